The van der Waals surface area contributed by atoms with Crippen molar-refractivity contribution in [3.8, 4) is 0 Å². The molecule has 27 heavy (non-hydrogen) atoms. The SMILES string of the molecule is CN1CCN(c2ccc(CCNC(=O)C(=O)NC3CCCCC3)cc2)CC1. The van der Waals surface area contributed by atoms with Crippen LogP contribution in [-0.2, 0) is 16.0 Å². The van der Waals surface area contributed by atoms with E-state index in [0.29, 0.717) is 6.54 Å². The van der Waals surface area contributed by atoms with Crippen molar-refractivity contribution < 1.29 is 9.59 Å². The van der Waals surface area contributed by atoms with E-state index in [1.807, 2.05) is 0 Å². The van der Waals surface area contributed by atoms with Gasteiger partial charge in [-0.1, -0.05) is 31.4 Å². The highest BCUT2D eigenvalue weighted by atomic mass is 16.2. The van der Waals surface area contributed by atoms with Crippen LogP contribution in [-0.4, -0.2) is 62.5 Å². The molecule has 1 aliphatic carbocycles. The third kappa shape index (κ3) is 5.96. The molecule has 1 aromatic rings. The fourth-order valence-electron chi connectivity index (χ4n) is 3.84. The van der Waals surface area contributed by atoms with Gasteiger partial charge in [0.05, 0.1) is 0 Å². The lowest BCUT2D eigenvalue weighted by molar-refractivity contribution is -0.139. The maximum Gasteiger partial charge on any atom is 0.309 e. The first-order valence-electron chi connectivity index (χ1n) is 10.2. The number of rotatable bonds is 5. The summed E-state index contributed by atoms with van der Waals surface area (Å²) in [6, 6.07) is 8.69. The Bertz CT molecular complexity index is 618. The highest BCUT2D eigenvalue weighted by Gasteiger charge is 2.20. The average molecular weight is 373 g/mol. The maximum absolute atomic E-state index is 12.0. The molecule has 2 fully saturated rings. The lowest BCUT2D eigenvalue weighted by Crippen LogP contribution is -2.45. The molecule has 1 aromatic carbocycles. The summed E-state index contributed by atoms with van der Waals surface area (Å²) < 4.78 is 0. The molecule has 1 saturated carbocycles. The topological polar surface area (TPSA) is 64.7 Å². The molecule has 0 spiro atoms. The Morgan fingerprint density at radius 1 is 0.963 bits per heavy atom. The van der Waals surface area contributed by atoms with E-state index >= 15 is 0 Å². The Labute approximate surface area is 162 Å². The minimum Gasteiger partial charge on any atom is -0.369 e. The molecule has 6 nitrogen and oxygen atoms in total. The number of carbonyl (C=O) groups excluding carboxylic acids is 2. The first-order valence-corrected chi connectivity index (χ1v) is 10.2. The van der Waals surface area contributed by atoms with Crippen LogP contribution in [0.1, 0.15) is 37.7 Å². The van der Waals surface area contributed by atoms with E-state index in [0.717, 1.165) is 58.3 Å². The zero-order valence-corrected chi connectivity index (χ0v) is 16.4. The van der Waals surface area contributed by atoms with Crippen molar-refractivity contribution in [3.63, 3.8) is 0 Å². The minimum absolute atomic E-state index is 0.166. The lowest BCUT2D eigenvalue weighted by Gasteiger charge is -2.34. The zero-order chi connectivity index (χ0) is 19.1. The predicted molar refractivity (Wildman–Crippen MR) is 108 cm³/mol. The molecular weight excluding hydrogens is 340 g/mol. The quantitative estimate of drug-likeness (QED) is 0.770. The van der Waals surface area contributed by atoms with Crippen LogP contribution in [0.5, 0.6) is 0 Å². The van der Waals surface area contributed by atoms with Crippen LogP contribution in [0.25, 0.3) is 0 Å². The Morgan fingerprint density at radius 2 is 1.63 bits per heavy atom. The van der Waals surface area contributed by atoms with Crippen molar-refractivity contribution in [2.75, 3.05) is 44.7 Å². The van der Waals surface area contributed by atoms with E-state index in [1.54, 1.807) is 0 Å². The summed E-state index contributed by atoms with van der Waals surface area (Å²) in [4.78, 5) is 28.7. The summed E-state index contributed by atoms with van der Waals surface area (Å²) in [7, 11) is 2.16. The van der Waals surface area contributed by atoms with E-state index < -0.39 is 11.8 Å². The number of anilines is 1. The summed E-state index contributed by atoms with van der Waals surface area (Å²) in [5, 5.41) is 5.59. The van der Waals surface area contributed by atoms with Gasteiger partial charge in [0.2, 0.25) is 0 Å². The number of carbonyl (C=O) groups is 2. The van der Waals surface area contributed by atoms with E-state index in [1.165, 1.54) is 17.7 Å². The van der Waals surface area contributed by atoms with Gasteiger partial charge in [0, 0.05) is 44.5 Å². The molecule has 0 aromatic heterocycles. The number of likely N-dealkylation sites (N-methyl/N-ethyl adjacent to an activating group) is 1. The maximum atomic E-state index is 12.0. The molecule has 3 rings (SSSR count). The van der Waals surface area contributed by atoms with Crippen LogP contribution in [0, 0.1) is 0 Å². The van der Waals surface area contributed by atoms with Crippen molar-refractivity contribution >= 4 is 17.5 Å². The molecule has 0 unspecified atom stereocenters. The first kappa shape index (κ1) is 19.7. The molecule has 2 N–H and O–H groups in total. The van der Waals surface area contributed by atoms with Crippen molar-refractivity contribution in [3.05, 3.63) is 29.8 Å². The molecule has 6 heteroatoms. The van der Waals surface area contributed by atoms with E-state index in [9.17, 15) is 9.59 Å². The van der Waals surface area contributed by atoms with Crippen LogP contribution in [0.2, 0.25) is 0 Å². The summed E-state index contributed by atoms with van der Waals surface area (Å²) in [6.45, 7) is 4.78. The van der Waals surface area contributed by atoms with Crippen molar-refractivity contribution in [1.82, 2.24) is 15.5 Å². The van der Waals surface area contributed by atoms with Gasteiger partial charge < -0.3 is 20.4 Å². The van der Waals surface area contributed by atoms with E-state index in [2.05, 4.69) is 51.7 Å². The van der Waals surface area contributed by atoms with Gasteiger partial charge in [-0.2, -0.15) is 0 Å². The average Bonchev–Trinajstić information content (AvgIpc) is 2.70. The van der Waals surface area contributed by atoms with Gasteiger partial charge in [0.15, 0.2) is 0 Å². The smallest absolute Gasteiger partial charge is 0.309 e. The summed E-state index contributed by atoms with van der Waals surface area (Å²) >= 11 is 0. The number of benzene rings is 1. The monoisotopic (exact) mass is 372 g/mol. The van der Waals surface area contributed by atoms with Crippen LogP contribution >= 0.6 is 0 Å². The molecule has 0 radical (unpaired) electrons. The Morgan fingerprint density at radius 3 is 2.30 bits per heavy atom. The van der Waals surface area contributed by atoms with Crippen LogP contribution in [0.15, 0.2) is 24.3 Å². The first-order chi connectivity index (χ1) is 13.1. The van der Waals surface area contributed by atoms with E-state index in [-0.39, 0.29) is 6.04 Å². The van der Waals surface area contributed by atoms with Gasteiger partial charge in [0.25, 0.3) is 0 Å². The van der Waals surface area contributed by atoms with Gasteiger partial charge in [-0.25, -0.2) is 0 Å². The normalized spacial score (nSPS) is 18.9. The van der Waals surface area contributed by atoms with Crippen LogP contribution in [0.4, 0.5) is 5.69 Å². The third-order valence-electron chi connectivity index (χ3n) is 5.65. The van der Waals surface area contributed by atoms with Crippen molar-refractivity contribution in [1.29, 1.82) is 0 Å². The highest BCUT2D eigenvalue weighted by Crippen LogP contribution is 2.18. The second-order valence-electron chi connectivity index (χ2n) is 7.77. The zero-order valence-electron chi connectivity index (χ0n) is 16.4. The molecule has 2 amide bonds. The predicted octanol–water partition coefficient (Wildman–Crippen LogP) is 1.55. The summed E-state index contributed by atoms with van der Waals surface area (Å²) in [6.07, 6.45) is 6.20. The van der Waals surface area contributed by atoms with Gasteiger partial charge in [0.1, 0.15) is 0 Å². The van der Waals surface area contributed by atoms with Gasteiger partial charge in [-0.05, 0) is 44.0 Å². The van der Waals surface area contributed by atoms with Gasteiger partial charge in [-0.15, -0.1) is 0 Å². The molecule has 0 bridgehead atoms. The fraction of sp³-hybridized carbons (Fsp3) is 0.619. The largest absolute Gasteiger partial charge is 0.369 e. The molecule has 0 atom stereocenters. The summed E-state index contributed by atoms with van der Waals surface area (Å²) in [5.74, 6) is -1.01. The fourth-order valence-corrected chi connectivity index (χ4v) is 3.84. The standard InChI is InChI=1S/C21H32N4O2/c1-24-13-15-25(16-14-24)19-9-7-17(8-10-19)11-12-22-20(26)21(27)23-18-5-3-2-4-6-18/h7-10,18H,2-6,11-16H2,1H3,(H,22,26)(H,23,27). The Balaban J connectivity index is 1.38. The Kier molecular flexibility index (Phi) is 7.10. The van der Waals surface area contributed by atoms with Crippen LogP contribution in [0.3, 0.4) is 0 Å². The highest BCUT2D eigenvalue weighted by molar-refractivity contribution is 6.35. The number of hydrogen-bond acceptors (Lipinski definition) is 4. The third-order valence-corrected chi connectivity index (χ3v) is 5.65. The van der Waals surface area contributed by atoms with Gasteiger partial charge >= 0.3 is 11.8 Å². The number of amides is 2. The number of nitrogens with one attached hydrogen (secondary N) is 2. The molecule has 1 heterocycles. The number of hydrogen-bond donors (Lipinski definition) is 2. The molecule has 148 valence electrons. The number of piperazine rings is 1. The molecule has 1 saturated heterocycles. The van der Waals surface area contributed by atoms with Crippen molar-refractivity contribution in [2.24, 2.45) is 0 Å². The molecule has 1 aliphatic heterocycles. The second kappa shape index (κ2) is 9.74. The second-order valence-corrected chi connectivity index (χ2v) is 7.77. The number of nitrogens with zero attached hydrogens (tertiary/aromatic N) is 2. The lowest BCUT2D eigenvalue weighted by atomic mass is 9.95. The molecule has 2 aliphatic rings. The Hall–Kier alpha value is -2.08. The summed E-state index contributed by atoms with van der Waals surface area (Å²) in [5.41, 5.74) is 2.42. The van der Waals surface area contributed by atoms with Gasteiger partial charge in [-0.3, -0.25) is 9.59 Å². The van der Waals surface area contributed by atoms with Crippen molar-refractivity contribution in [2.45, 2.75) is 44.6 Å². The van der Waals surface area contributed by atoms with Crippen LogP contribution < -0.4 is 15.5 Å². The minimum atomic E-state index is -0.519. The molecular formula is C21H32N4O2. The van der Waals surface area contributed by atoms with E-state index in [4.69, 9.17) is 0 Å².